The van der Waals surface area contributed by atoms with Crippen LogP contribution in [0.2, 0.25) is 0 Å². The SMILES string of the molecule is CCNCC1CCN(C(=O)c2nn(-c3ccccc3)cc2O)CC1. The second-order valence-electron chi connectivity index (χ2n) is 6.19. The van der Waals surface area contributed by atoms with Gasteiger partial charge in [0.05, 0.1) is 11.9 Å². The molecule has 6 heteroatoms. The maximum absolute atomic E-state index is 12.7. The number of aromatic hydroxyl groups is 1. The molecule has 0 aliphatic carbocycles. The zero-order chi connectivity index (χ0) is 16.9. The van der Waals surface area contributed by atoms with E-state index in [0.29, 0.717) is 19.0 Å². The zero-order valence-electron chi connectivity index (χ0n) is 14.0. The van der Waals surface area contributed by atoms with E-state index in [1.165, 1.54) is 6.20 Å². The molecule has 1 saturated heterocycles. The van der Waals surface area contributed by atoms with Crippen molar-refractivity contribution in [3.8, 4) is 11.4 Å². The first-order valence-corrected chi connectivity index (χ1v) is 8.53. The molecule has 24 heavy (non-hydrogen) atoms. The summed E-state index contributed by atoms with van der Waals surface area (Å²) >= 11 is 0. The van der Waals surface area contributed by atoms with Crippen LogP contribution in [0.1, 0.15) is 30.3 Å². The standard InChI is InChI=1S/C18H24N4O2/c1-2-19-12-14-8-10-21(11-9-14)18(24)17-16(23)13-22(20-17)15-6-4-3-5-7-15/h3-7,13-14,19,23H,2,8-12H2,1H3. The fourth-order valence-corrected chi connectivity index (χ4v) is 3.07. The van der Waals surface area contributed by atoms with Gasteiger partial charge in [0.15, 0.2) is 11.4 Å². The first kappa shape index (κ1) is 16.5. The molecule has 128 valence electrons. The number of benzene rings is 1. The third kappa shape index (κ3) is 3.59. The molecule has 2 heterocycles. The van der Waals surface area contributed by atoms with Crippen LogP contribution < -0.4 is 5.32 Å². The highest BCUT2D eigenvalue weighted by Crippen LogP contribution is 2.23. The van der Waals surface area contributed by atoms with Crippen molar-refractivity contribution in [1.29, 1.82) is 0 Å². The van der Waals surface area contributed by atoms with Gasteiger partial charge in [-0.25, -0.2) is 4.68 Å². The summed E-state index contributed by atoms with van der Waals surface area (Å²) in [5, 5.41) is 17.8. The maximum atomic E-state index is 12.7. The number of hydrogen-bond donors (Lipinski definition) is 2. The molecule has 0 unspecified atom stereocenters. The second-order valence-corrected chi connectivity index (χ2v) is 6.19. The molecule has 1 aliphatic heterocycles. The van der Waals surface area contributed by atoms with Crippen LogP contribution in [0.5, 0.6) is 5.75 Å². The van der Waals surface area contributed by atoms with Gasteiger partial charge in [0, 0.05) is 13.1 Å². The Bertz CT molecular complexity index is 676. The number of aromatic nitrogens is 2. The van der Waals surface area contributed by atoms with Gasteiger partial charge in [0.1, 0.15) is 0 Å². The molecule has 1 aliphatic rings. The van der Waals surface area contributed by atoms with Gasteiger partial charge in [-0.15, -0.1) is 0 Å². The Morgan fingerprint density at radius 1 is 1.29 bits per heavy atom. The van der Waals surface area contributed by atoms with Gasteiger partial charge in [-0.1, -0.05) is 25.1 Å². The minimum atomic E-state index is -0.191. The number of amides is 1. The number of likely N-dealkylation sites (tertiary alicyclic amines) is 1. The molecule has 0 saturated carbocycles. The highest BCUT2D eigenvalue weighted by atomic mass is 16.3. The summed E-state index contributed by atoms with van der Waals surface area (Å²) in [7, 11) is 0. The molecule has 2 N–H and O–H groups in total. The first-order chi connectivity index (χ1) is 11.7. The van der Waals surface area contributed by atoms with E-state index in [1.807, 2.05) is 30.3 Å². The van der Waals surface area contributed by atoms with Crippen molar-refractivity contribution in [3.05, 3.63) is 42.2 Å². The molecule has 1 amide bonds. The molecule has 1 fully saturated rings. The molecule has 6 nitrogen and oxygen atoms in total. The van der Waals surface area contributed by atoms with Crippen LogP contribution in [0.15, 0.2) is 36.5 Å². The van der Waals surface area contributed by atoms with E-state index in [9.17, 15) is 9.90 Å². The smallest absolute Gasteiger partial charge is 0.278 e. The zero-order valence-corrected chi connectivity index (χ0v) is 14.0. The molecule has 0 atom stereocenters. The number of nitrogens with one attached hydrogen (secondary N) is 1. The average molecular weight is 328 g/mol. The first-order valence-electron chi connectivity index (χ1n) is 8.53. The molecule has 3 rings (SSSR count). The normalized spacial score (nSPS) is 15.6. The topological polar surface area (TPSA) is 70.4 Å². The van der Waals surface area contributed by atoms with Crippen molar-refractivity contribution in [3.63, 3.8) is 0 Å². The van der Waals surface area contributed by atoms with Crippen LogP contribution in [-0.2, 0) is 0 Å². The van der Waals surface area contributed by atoms with E-state index in [4.69, 9.17) is 0 Å². The van der Waals surface area contributed by atoms with Crippen molar-refractivity contribution >= 4 is 5.91 Å². The Morgan fingerprint density at radius 3 is 2.67 bits per heavy atom. The van der Waals surface area contributed by atoms with Gasteiger partial charge in [-0.05, 0) is 44.0 Å². The maximum Gasteiger partial charge on any atom is 0.278 e. The summed E-state index contributed by atoms with van der Waals surface area (Å²) in [5.74, 6) is 0.354. The predicted molar refractivity (Wildman–Crippen MR) is 92.4 cm³/mol. The Labute approximate surface area is 142 Å². The fourth-order valence-electron chi connectivity index (χ4n) is 3.07. The summed E-state index contributed by atoms with van der Waals surface area (Å²) in [6.45, 7) is 5.51. The van der Waals surface area contributed by atoms with Crippen LogP contribution in [0.25, 0.3) is 5.69 Å². The number of carbonyl (C=O) groups is 1. The van der Waals surface area contributed by atoms with Crippen molar-refractivity contribution < 1.29 is 9.90 Å². The number of carbonyl (C=O) groups excluding carboxylic acids is 1. The lowest BCUT2D eigenvalue weighted by Gasteiger charge is -2.31. The number of piperidine rings is 1. The summed E-state index contributed by atoms with van der Waals surface area (Å²) in [6.07, 6.45) is 3.46. The van der Waals surface area contributed by atoms with Crippen molar-refractivity contribution in [2.24, 2.45) is 5.92 Å². The van der Waals surface area contributed by atoms with E-state index >= 15 is 0 Å². The Morgan fingerprint density at radius 2 is 2.00 bits per heavy atom. The van der Waals surface area contributed by atoms with Crippen LogP contribution >= 0.6 is 0 Å². The Kier molecular flexibility index (Phi) is 5.15. The summed E-state index contributed by atoms with van der Waals surface area (Å²) < 4.78 is 1.54. The molecule has 0 bridgehead atoms. The Balaban J connectivity index is 1.67. The van der Waals surface area contributed by atoms with Crippen molar-refractivity contribution in [2.75, 3.05) is 26.2 Å². The van der Waals surface area contributed by atoms with E-state index in [-0.39, 0.29) is 17.4 Å². The van der Waals surface area contributed by atoms with Gasteiger partial charge in [-0.3, -0.25) is 4.79 Å². The number of rotatable bonds is 5. The Hall–Kier alpha value is -2.34. The van der Waals surface area contributed by atoms with E-state index in [1.54, 1.807) is 9.58 Å². The molecule has 0 spiro atoms. The third-order valence-corrected chi connectivity index (χ3v) is 4.50. The van der Waals surface area contributed by atoms with Crippen molar-refractivity contribution in [2.45, 2.75) is 19.8 Å². The summed E-state index contributed by atoms with van der Waals surface area (Å²) in [5.41, 5.74) is 0.945. The van der Waals surface area contributed by atoms with Crippen LogP contribution in [0, 0.1) is 5.92 Å². The van der Waals surface area contributed by atoms with Crippen LogP contribution in [0.4, 0.5) is 0 Å². The molecule has 1 aromatic carbocycles. The van der Waals surface area contributed by atoms with Gasteiger partial charge >= 0.3 is 0 Å². The quantitative estimate of drug-likeness (QED) is 0.881. The van der Waals surface area contributed by atoms with E-state index in [2.05, 4.69) is 17.3 Å². The molecular formula is C18H24N4O2. The minimum Gasteiger partial charge on any atom is -0.504 e. The number of hydrogen-bond acceptors (Lipinski definition) is 4. The molecule has 1 aromatic heterocycles. The van der Waals surface area contributed by atoms with Crippen LogP contribution in [0.3, 0.4) is 0 Å². The lowest BCUT2D eigenvalue weighted by molar-refractivity contribution is 0.0681. The lowest BCUT2D eigenvalue weighted by Crippen LogP contribution is -2.41. The monoisotopic (exact) mass is 328 g/mol. The number of para-hydroxylation sites is 1. The fraction of sp³-hybridized carbons (Fsp3) is 0.444. The van der Waals surface area contributed by atoms with Gasteiger partial charge in [0.2, 0.25) is 0 Å². The van der Waals surface area contributed by atoms with Gasteiger partial charge in [-0.2, -0.15) is 5.10 Å². The van der Waals surface area contributed by atoms with Crippen LogP contribution in [-0.4, -0.2) is 51.9 Å². The highest BCUT2D eigenvalue weighted by Gasteiger charge is 2.27. The van der Waals surface area contributed by atoms with Gasteiger partial charge in [0.25, 0.3) is 5.91 Å². The summed E-state index contributed by atoms with van der Waals surface area (Å²) in [6, 6.07) is 9.46. The van der Waals surface area contributed by atoms with Crippen molar-refractivity contribution in [1.82, 2.24) is 20.0 Å². The van der Waals surface area contributed by atoms with E-state index in [0.717, 1.165) is 31.6 Å². The highest BCUT2D eigenvalue weighted by molar-refractivity contribution is 5.94. The lowest BCUT2D eigenvalue weighted by atomic mass is 9.96. The molecule has 0 radical (unpaired) electrons. The predicted octanol–water partition coefficient (Wildman–Crippen LogP) is 2.04. The average Bonchev–Trinajstić information content (AvgIpc) is 3.02. The number of nitrogens with zero attached hydrogens (tertiary/aromatic N) is 3. The molecule has 2 aromatic rings. The van der Waals surface area contributed by atoms with E-state index < -0.39 is 0 Å². The van der Waals surface area contributed by atoms with Gasteiger partial charge < -0.3 is 15.3 Å². The third-order valence-electron chi connectivity index (χ3n) is 4.50. The molecular weight excluding hydrogens is 304 g/mol. The second kappa shape index (κ2) is 7.49. The summed E-state index contributed by atoms with van der Waals surface area (Å²) in [4.78, 5) is 14.5. The largest absolute Gasteiger partial charge is 0.504 e. The minimum absolute atomic E-state index is 0.0707.